The third-order valence-electron chi connectivity index (χ3n) is 7.24. The van der Waals surface area contributed by atoms with Crippen LogP contribution in [0, 0.1) is 11.7 Å². The number of likely N-dealkylation sites (tertiary alicyclic amines) is 1. The highest BCUT2D eigenvalue weighted by Gasteiger charge is 2.37. The van der Waals surface area contributed by atoms with E-state index in [9.17, 15) is 18.8 Å². The van der Waals surface area contributed by atoms with Crippen LogP contribution in [0.25, 0.3) is 10.8 Å². The number of halogens is 1. The van der Waals surface area contributed by atoms with Gasteiger partial charge in [-0.1, -0.05) is 30.3 Å². The Morgan fingerprint density at radius 2 is 1.58 bits per heavy atom. The molecule has 1 aromatic heterocycles. The van der Waals surface area contributed by atoms with E-state index >= 15 is 0 Å². The van der Waals surface area contributed by atoms with Gasteiger partial charge >= 0.3 is 0 Å². The third-order valence-corrected chi connectivity index (χ3v) is 7.24. The first kappa shape index (κ1) is 22.2. The molecule has 7 heteroatoms. The third kappa shape index (κ3) is 3.96. The molecule has 0 saturated carbocycles. The van der Waals surface area contributed by atoms with Gasteiger partial charge in [0.05, 0.1) is 0 Å². The summed E-state index contributed by atoms with van der Waals surface area (Å²) in [6.45, 7) is 1.62. The Morgan fingerprint density at radius 1 is 0.833 bits per heavy atom. The summed E-state index contributed by atoms with van der Waals surface area (Å²) in [5, 5.41) is 4.80. The Kier molecular flexibility index (Phi) is 5.40. The molecule has 3 heterocycles. The van der Waals surface area contributed by atoms with Gasteiger partial charge in [0.2, 0.25) is 0 Å². The number of pyridine rings is 1. The number of benzene rings is 3. The number of carbonyl (C=O) groups excluding carboxylic acids is 2. The fraction of sp³-hybridized carbons (Fsp3) is 0.207. The number of nitrogens with zero attached hydrogens (tertiary/aromatic N) is 2. The standard InChI is InChI=1S/C29H24FN3O3/c30-24-9-7-20(8-10-24)27(34)31-25-11-12-26-23-13-18(16-33(26)29(25)36)15-32(17-23)28(35)22-6-5-19-3-1-2-4-21(19)14-22/h1-12,14,18,23H,13,15-17H2,(H,31,34)/t18-,23+/m0/s1. The lowest BCUT2D eigenvalue weighted by molar-refractivity contribution is 0.0594. The van der Waals surface area contributed by atoms with Crippen molar-refractivity contribution in [2.75, 3.05) is 18.4 Å². The van der Waals surface area contributed by atoms with E-state index in [4.69, 9.17) is 0 Å². The maximum atomic E-state index is 13.4. The maximum Gasteiger partial charge on any atom is 0.274 e. The van der Waals surface area contributed by atoms with Crippen molar-refractivity contribution >= 4 is 28.3 Å². The van der Waals surface area contributed by atoms with Crippen LogP contribution in [0.1, 0.15) is 38.7 Å². The number of carbonyl (C=O) groups is 2. The lowest BCUT2D eigenvalue weighted by Crippen LogP contribution is -2.49. The highest BCUT2D eigenvalue weighted by atomic mass is 19.1. The van der Waals surface area contributed by atoms with Gasteiger partial charge in [-0.15, -0.1) is 0 Å². The van der Waals surface area contributed by atoms with Crippen LogP contribution in [0.2, 0.25) is 0 Å². The quantitative estimate of drug-likeness (QED) is 0.463. The minimum atomic E-state index is -0.462. The van der Waals surface area contributed by atoms with Crippen molar-refractivity contribution in [1.29, 1.82) is 0 Å². The van der Waals surface area contributed by atoms with Crippen LogP contribution >= 0.6 is 0 Å². The molecule has 1 fully saturated rings. The van der Waals surface area contributed by atoms with Crippen molar-refractivity contribution < 1.29 is 14.0 Å². The molecule has 2 aliphatic heterocycles. The summed E-state index contributed by atoms with van der Waals surface area (Å²) in [5.41, 5.74) is 1.76. The minimum Gasteiger partial charge on any atom is -0.338 e. The Bertz CT molecular complexity index is 1560. The summed E-state index contributed by atoms with van der Waals surface area (Å²) in [4.78, 5) is 41.1. The van der Waals surface area contributed by atoms with Gasteiger partial charge in [0, 0.05) is 42.4 Å². The molecule has 2 atom stereocenters. The summed E-state index contributed by atoms with van der Waals surface area (Å²) < 4.78 is 14.9. The van der Waals surface area contributed by atoms with E-state index in [0.717, 1.165) is 22.9 Å². The predicted molar refractivity (Wildman–Crippen MR) is 136 cm³/mol. The molecule has 1 N–H and O–H groups in total. The summed E-state index contributed by atoms with van der Waals surface area (Å²) in [7, 11) is 0. The van der Waals surface area contributed by atoms with Crippen molar-refractivity contribution in [3.63, 3.8) is 0 Å². The zero-order chi connectivity index (χ0) is 24.8. The summed E-state index contributed by atoms with van der Waals surface area (Å²) >= 11 is 0. The van der Waals surface area contributed by atoms with Crippen molar-refractivity contribution in [2.45, 2.75) is 18.9 Å². The summed E-state index contributed by atoms with van der Waals surface area (Å²) in [5.74, 6) is -0.678. The van der Waals surface area contributed by atoms with Gasteiger partial charge in [0.1, 0.15) is 11.5 Å². The second-order valence-corrected chi connectivity index (χ2v) is 9.62. The van der Waals surface area contributed by atoms with E-state index in [1.165, 1.54) is 24.3 Å². The molecule has 3 aromatic carbocycles. The average Bonchev–Trinajstić information content (AvgIpc) is 2.90. The highest BCUT2D eigenvalue weighted by Crippen LogP contribution is 2.36. The van der Waals surface area contributed by atoms with Crippen molar-refractivity contribution in [3.8, 4) is 0 Å². The molecule has 180 valence electrons. The fourth-order valence-electron chi connectivity index (χ4n) is 5.51. The molecule has 6 nitrogen and oxygen atoms in total. The van der Waals surface area contributed by atoms with Crippen molar-refractivity contribution in [2.24, 2.45) is 5.92 Å². The first-order valence-electron chi connectivity index (χ1n) is 12.0. The smallest absolute Gasteiger partial charge is 0.274 e. The monoisotopic (exact) mass is 481 g/mol. The van der Waals surface area contributed by atoms with Crippen molar-refractivity contribution in [3.05, 3.63) is 112 Å². The van der Waals surface area contributed by atoms with Gasteiger partial charge in [-0.2, -0.15) is 0 Å². The number of amides is 2. The number of fused-ring (bicyclic) bond motifs is 5. The van der Waals surface area contributed by atoms with E-state index in [1.54, 1.807) is 10.6 Å². The Morgan fingerprint density at radius 3 is 2.39 bits per heavy atom. The second kappa shape index (κ2) is 8.75. The zero-order valence-corrected chi connectivity index (χ0v) is 19.5. The van der Waals surface area contributed by atoms with Crippen LogP contribution in [0.3, 0.4) is 0 Å². The zero-order valence-electron chi connectivity index (χ0n) is 19.5. The van der Waals surface area contributed by atoms with Gasteiger partial charge in [-0.25, -0.2) is 4.39 Å². The summed E-state index contributed by atoms with van der Waals surface area (Å²) in [6.07, 6.45) is 0.919. The average molecular weight is 482 g/mol. The van der Waals surface area contributed by atoms with Crippen molar-refractivity contribution in [1.82, 2.24) is 9.47 Å². The summed E-state index contributed by atoms with van der Waals surface area (Å²) in [6, 6.07) is 22.4. The molecule has 2 amide bonds. The van der Waals surface area contributed by atoms with Gasteiger partial charge in [0.25, 0.3) is 17.4 Å². The van der Waals surface area contributed by atoms with Crippen LogP contribution < -0.4 is 10.9 Å². The lowest BCUT2D eigenvalue weighted by atomic mass is 9.83. The molecule has 6 rings (SSSR count). The van der Waals surface area contributed by atoms with E-state index in [2.05, 4.69) is 5.32 Å². The molecular formula is C29H24FN3O3. The molecule has 36 heavy (non-hydrogen) atoms. The van der Waals surface area contributed by atoms with E-state index in [0.29, 0.717) is 25.2 Å². The van der Waals surface area contributed by atoms with Gasteiger partial charge in [-0.3, -0.25) is 14.4 Å². The molecular weight excluding hydrogens is 457 g/mol. The molecule has 0 spiro atoms. The second-order valence-electron chi connectivity index (χ2n) is 9.62. The van der Waals surface area contributed by atoms with Crippen LogP contribution in [0.15, 0.2) is 83.7 Å². The Labute approximate surface area is 207 Å². The van der Waals surface area contributed by atoms with Crippen LogP contribution in [0.5, 0.6) is 0 Å². The number of aromatic nitrogens is 1. The van der Waals surface area contributed by atoms with Crippen LogP contribution in [-0.4, -0.2) is 34.4 Å². The Hall–Kier alpha value is -4.26. The number of anilines is 1. The van der Waals surface area contributed by atoms with E-state index in [-0.39, 0.29) is 34.6 Å². The topological polar surface area (TPSA) is 71.4 Å². The molecule has 0 aliphatic carbocycles. The predicted octanol–water partition coefficient (Wildman–Crippen LogP) is 4.65. The number of hydrogen-bond donors (Lipinski definition) is 1. The molecule has 2 bridgehead atoms. The normalized spacial score (nSPS) is 18.5. The van der Waals surface area contributed by atoms with Gasteiger partial charge in [0.15, 0.2) is 0 Å². The molecule has 0 unspecified atom stereocenters. The van der Waals surface area contributed by atoms with Gasteiger partial charge < -0.3 is 14.8 Å². The largest absolute Gasteiger partial charge is 0.338 e. The number of piperidine rings is 1. The van der Waals surface area contributed by atoms with Gasteiger partial charge in [-0.05, 0) is 71.6 Å². The van der Waals surface area contributed by atoms with E-state index < -0.39 is 11.7 Å². The highest BCUT2D eigenvalue weighted by molar-refractivity contribution is 6.04. The molecule has 2 aliphatic rings. The first-order valence-corrected chi connectivity index (χ1v) is 12.0. The number of rotatable bonds is 3. The molecule has 4 aromatic rings. The Balaban J connectivity index is 1.23. The minimum absolute atomic E-state index is 0.00873. The number of hydrogen-bond acceptors (Lipinski definition) is 3. The number of nitrogens with one attached hydrogen (secondary N) is 1. The molecule has 1 saturated heterocycles. The maximum absolute atomic E-state index is 13.4. The van der Waals surface area contributed by atoms with Crippen LogP contribution in [-0.2, 0) is 6.54 Å². The first-order chi connectivity index (χ1) is 17.5. The van der Waals surface area contributed by atoms with Crippen LogP contribution in [0.4, 0.5) is 10.1 Å². The molecule has 0 radical (unpaired) electrons. The SMILES string of the molecule is O=C(Nc1ccc2n(c1=O)C[C@H]1C[C@@H]2CN(C(=O)c2ccc3ccccc3c2)C1)c1ccc(F)cc1. The van der Waals surface area contributed by atoms with E-state index in [1.807, 2.05) is 53.4 Å². The fourth-order valence-corrected chi connectivity index (χ4v) is 5.51. The lowest BCUT2D eigenvalue weighted by Gasteiger charge is -2.43.